The molecular formula is C69H89F9N8O7S3. The highest BCUT2D eigenvalue weighted by molar-refractivity contribution is 7.85. The van der Waals surface area contributed by atoms with Crippen LogP contribution in [0.15, 0.2) is 60.7 Å². The molecule has 7 aliphatic heterocycles. The second-order valence-corrected chi connectivity index (χ2v) is 35.6. The van der Waals surface area contributed by atoms with Gasteiger partial charge < -0.3 is 20.9 Å². The number of carbonyl (C=O) groups excluding carboxylic acids is 4. The summed E-state index contributed by atoms with van der Waals surface area (Å²) in [6, 6.07) is 10.2. The molecule has 0 spiro atoms. The number of halogens is 9. The average Bonchev–Trinajstić information content (AvgIpc) is 1.61. The van der Waals surface area contributed by atoms with Crippen LogP contribution in [-0.4, -0.2) is 133 Å². The average molecular weight is 1410 g/mol. The normalized spacial score (nSPS) is 25.7. The number of nitrogens with two attached hydrogens (primary N) is 1. The second kappa shape index (κ2) is 30.6. The molecule has 528 valence electrons. The van der Waals surface area contributed by atoms with Crippen LogP contribution in [0.5, 0.6) is 0 Å². The fraction of sp³-hybridized carbons (Fsp3) is 0.594. The summed E-state index contributed by atoms with van der Waals surface area (Å²) in [5.41, 5.74) is 6.28. The van der Waals surface area contributed by atoms with Crippen molar-refractivity contribution in [1.29, 1.82) is 0 Å². The minimum absolute atomic E-state index is 0.00204. The van der Waals surface area contributed by atoms with E-state index in [1.54, 1.807) is 49.9 Å². The van der Waals surface area contributed by atoms with Crippen LogP contribution < -0.4 is 25.2 Å². The fourth-order valence-electron chi connectivity index (χ4n) is 14.8. The molecule has 4 aromatic carbocycles. The lowest BCUT2D eigenvalue weighted by Gasteiger charge is -2.42. The van der Waals surface area contributed by atoms with Crippen molar-refractivity contribution >= 4 is 56.6 Å². The van der Waals surface area contributed by atoms with Gasteiger partial charge in [0.2, 0.25) is 11.8 Å². The van der Waals surface area contributed by atoms with Gasteiger partial charge in [0.25, 0.3) is 11.8 Å². The van der Waals surface area contributed by atoms with Gasteiger partial charge in [-0.05, 0) is 223 Å². The van der Waals surface area contributed by atoms with Crippen LogP contribution in [0.1, 0.15) is 177 Å². The maximum atomic E-state index is 14.6. The SMILES string of the molecule is CC(C)(C)[S@](=O)N[C@H](Cc1cc(F)c(F)cc1F)C1C[C@H]2CC[C@@H](C1)N2.CC(C)(C)[S@](=O)N[C@H](Cc1cc(F)c(F)cc1F)C1C[C@H]2CC[C@@H](C1)N2C(=O)CN.CC(C)(C)[S@](=O)N[C@H](Cc1cc(F)c(F)cc1F)C1C[C@H]2CC[C@@H](C1)N2C(=O)CN1C(=O)c2ccccc2C1=O. The number of benzene rings is 4. The molecule has 15 nitrogen and oxygen atoms in total. The molecular weight excluding hydrogens is 1320 g/mol. The van der Waals surface area contributed by atoms with E-state index in [0.717, 1.165) is 74.5 Å². The summed E-state index contributed by atoms with van der Waals surface area (Å²) in [6.45, 7) is 16.1. The van der Waals surface area contributed by atoms with Crippen molar-refractivity contribution in [2.45, 2.75) is 227 Å². The van der Waals surface area contributed by atoms with Crippen molar-refractivity contribution in [2.24, 2.45) is 23.5 Å². The van der Waals surface area contributed by atoms with E-state index in [4.69, 9.17) is 5.73 Å². The van der Waals surface area contributed by atoms with Gasteiger partial charge in [-0.2, -0.15) is 0 Å². The molecule has 3 unspecified atom stereocenters. The zero-order valence-electron chi connectivity index (χ0n) is 55.6. The lowest BCUT2D eigenvalue weighted by molar-refractivity contribution is -0.137. The number of hydrogen-bond acceptors (Lipinski definition) is 9. The molecule has 96 heavy (non-hydrogen) atoms. The van der Waals surface area contributed by atoms with Crippen LogP contribution in [-0.2, 0) is 61.8 Å². The Morgan fingerprint density at radius 3 is 1.06 bits per heavy atom. The Balaban J connectivity index is 0.000000174. The van der Waals surface area contributed by atoms with Crippen LogP contribution in [0.2, 0.25) is 0 Å². The van der Waals surface area contributed by atoms with Crippen molar-refractivity contribution in [1.82, 2.24) is 34.2 Å². The molecule has 6 bridgehead atoms. The molecule has 27 heteroatoms. The molecule has 7 aliphatic rings. The van der Waals surface area contributed by atoms with Crippen LogP contribution in [0.25, 0.3) is 0 Å². The summed E-state index contributed by atoms with van der Waals surface area (Å²) in [6.07, 6.45) is 9.94. The first-order valence-corrected chi connectivity index (χ1v) is 36.4. The summed E-state index contributed by atoms with van der Waals surface area (Å²) in [5.74, 6) is -10.7. The second-order valence-electron chi connectivity index (χ2n) is 29.7. The number of hydrogen-bond donors (Lipinski definition) is 5. The maximum absolute atomic E-state index is 14.6. The standard InChI is InChI=1S/C29H32F3N3O4S.C21H30F3N3O2S.C19H27F3N2OS/c1-29(2,3)40(39)33-25(13-16-12-23(31)24(32)14-22(16)30)17-10-18-8-9-19(11-17)35(18)26(36)15-34-27(37)20-6-4-5-7-21(20)28(34)38;1-21(2,3)30(29)26-19(9-12-8-17(23)18(24)10-16(12)22)13-6-14-4-5-15(7-13)27(14)20(28)11-25;1-19(2,3)26(25)24-18(12-6-13-4-5-14(7-12)23-13)9-11-8-16(21)17(22)10-15(11)20/h4-7,12,14,17-19,25,33H,8-11,13,15H2,1-3H3;8,10,13-15,19,26H,4-7,9,11,25H2,1-3H3;8,10,12-14,18,23-24H,4-7,9H2,1-3H3/t17?,18-,19+,25-,40+;13?,14-,15+,19-,30+;12?,13-,14+,18-,26+/m111/s1. The zero-order valence-corrected chi connectivity index (χ0v) is 58.1. The van der Waals surface area contributed by atoms with E-state index in [-0.39, 0.29) is 120 Å². The van der Waals surface area contributed by atoms with E-state index in [0.29, 0.717) is 56.0 Å². The first-order chi connectivity index (χ1) is 45.0. The lowest BCUT2D eigenvalue weighted by Crippen LogP contribution is -2.54. The number of nitrogens with one attached hydrogen (secondary N) is 4. The Labute approximate surface area is 563 Å². The van der Waals surface area contributed by atoms with Crippen LogP contribution in [0, 0.1) is 70.1 Å². The Morgan fingerprint density at radius 2 is 0.760 bits per heavy atom. The number of piperidine rings is 3. The minimum Gasteiger partial charge on any atom is -0.336 e. The van der Waals surface area contributed by atoms with Crippen molar-refractivity contribution in [3.05, 3.63) is 141 Å². The molecule has 7 heterocycles. The monoisotopic (exact) mass is 1410 g/mol. The van der Waals surface area contributed by atoms with Gasteiger partial charge in [0.1, 0.15) is 24.0 Å². The fourth-order valence-corrected chi connectivity index (χ4v) is 17.5. The maximum Gasteiger partial charge on any atom is 0.262 e. The van der Waals surface area contributed by atoms with Gasteiger partial charge in [0, 0.05) is 72.6 Å². The molecule has 11 rings (SSSR count). The van der Waals surface area contributed by atoms with Crippen molar-refractivity contribution in [3.8, 4) is 0 Å². The number of amides is 4. The first-order valence-electron chi connectivity index (χ1n) is 33.0. The van der Waals surface area contributed by atoms with Crippen LogP contribution in [0.3, 0.4) is 0 Å². The van der Waals surface area contributed by atoms with Crippen molar-refractivity contribution in [2.75, 3.05) is 13.1 Å². The molecule has 0 aromatic heterocycles. The van der Waals surface area contributed by atoms with Gasteiger partial charge >= 0.3 is 0 Å². The smallest absolute Gasteiger partial charge is 0.262 e. The predicted molar refractivity (Wildman–Crippen MR) is 351 cm³/mol. The van der Waals surface area contributed by atoms with E-state index in [9.17, 15) is 71.3 Å². The van der Waals surface area contributed by atoms with E-state index in [2.05, 4.69) is 19.5 Å². The van der Waals surface area contributed by atoms with Crippen LogP contribution >= 0.6 is 0 Å². The molecule has 15 atom stereocenters. The Morgan fingerprint density at radius 1 is 0.469 bits per heavy atom. The van der Waals surface area contributed by atoms with E-state index >= 15 is 0 Å². The molecule has 0 aliphatic carbocycles. The third kappa shape index (κ3) is 17.6. The summed E-state index contributed by atoms with van der Waals surface area (Å²) in [4.78, 5) is 55.9. The van der Waals surface area contributed by atoms with Gasteiger partial charge in [0.05, 0.1) is 64.9 Å². The number of fused-ring (bicyclic) bond motifs is 7. The molecule has 0 radical (unpaired) electrons. The molecule has 6 saturated heterocycles. The first kappa shape index (κ1) is 74.8. The van der Waals surface area contributed by atoms with Gasteiger partial charge in [-0.15, -0.1) is 0 Å². The third-order valence-electron chi connectivity index (χ3n) is 19.7. The Hall–Kier alpha value is -5.42. The quantitative estimate of drug-likeness (QED) is 0.0365. The Bertz CT molecular complexity index is 3550. The number of imide groups is 1. The number of carbonyl (C=O) groups is 4. The highest BCUT2D eigenvalue weighted by atomic mass is 32.2. The lowest BCUT2D eigenvalue weighted by atomic mass is 9.82. The summed E-state index contributed by atoms with van der Waals surface area (Å²) >= 11 is 0. The highest BCUT2D eigenvalue weighted by Gasteiger charge is 2.49. The van der Waals surface area contributed by atoms with E-state index in [1.807, 2.05) is 46.4 Å². The summed E-state index contributed by atoms with van der Waals surface area (Å²) in [7, 11) is -4.26. The number of rotatable bonds is 18. The van der Waals surface area contributed by atoms with Crippen LogP contribution in [0.4, 0.5) is 39.5 Å². The molecule has 0 saturated carbocycles. The highest BCUT2D eigenvalue weighted by Crippen LogP contribution is 2.43. The van der Waals surface area contributed by atoms with E-state index < -0.39 is 123 Å². The van der Waals surface area contributed by atoms with Crippen molar-refractivity contribution < 1.29 is 71.3 Å². The largest absolute Gasteiger partial charge is 0.336 e. The molecule has 6 N–H and O–H groups in total. The predicted octanol–water partition coefficient (Wildman–Crippen LogP) is 10.5. The molecule has 6 fully saturated rings. The number of nitrogens with zero attached hydrogens (tertiary/aromatic N) is 3. The van der Waals surface area contributed by atoms with E-state index in [1.165, 1.54) is 0 Å². The minimum atomic E-state index is -1.51. The topological polar surface area (TPSA) is 203 Å². The van der Waals surface area contributed by atoms with Crippen molar-refractivity contribution in [3.63, 3.8) is 0 Å². The molecule has 4 aromatic rings. The van der Waals surface area contributed by atoms with Gasteiger partial charge in [-0.3, -0.25) is 24.1 Å². The van der Waals surface area contributed by atoms with Gasteiger partial charge in [0.15, 0.2) is 34.9 Å². The molecule has 4 amide bonds. The Kier molecular flexibility index (Phi) is 23.8. The zero-order chi connectivity index (χ0) is 70.2. The summed E-state index contributed by atoms with van der Waals surface area (Å²) < 4.78 is 171. The van der Waals surface area contributed by atoms with Gasteiger partial charge in [-0.25, -0.2) is 66.3 Å². The van der Waals surface area contributed by atoms with Gasteiger partial charge in [-0.1, -0.05) is 12.1 Å². The summed E-state index contributed by atoms with van der Waals surface area (Å²) in [5, 5.41) is 3.56. The third-order valence-corrected chi connectivity index (χ3v) is 24.6.